The van der Waals surface area contributed by atoms with Crippen molar-refractivity contribution in [2.75, 3.05) is 18.8 Å². The zero-order chi connectivity index (χ0) is 20.7. The van der Waals surface area contributed by atoms with Gasteiger partial charge in [-0.3, -0.25) is 4.68 Å². The van der Waals surface area contributed by atoms with Crippen LogP contribution in [0.15, 0.2) is 36.7 Å². The standard InChI is InChI=1S/C22H26N8/c1-3-29-19-7-5-4-6-17(19)27-22(29)20-21(23)25-12-18(26-20)16-13-30(28-14(16)2)15-8-10-24-11-9-15/h4-7,12-13,15,24H,3,8-11H2,1-2H3,(H2,23,25). The Balaban J connectivity index is 1.59. The first-order valence-corrected chi connectivity index (χ1v) is 10.5. The summed E-state index contributed by atoms with van der Waals surface area (Å²) in [5.41, 5.74) is 11.6. The molecule has 0 atom stereocenters. The van der Waals surface area contributed by atoms with Gasteiger partial charge in [0.15, 0.2) is 11.6 Å². The zero-order valence-corrected chi connectivity index (χ0v) is 17.3. The molecule has 0 spiro atoms. The molecule has 1 aliphatic heterocycles. The van der Waals surface area contributed by atoms with E-state index in [4.69, 9.17) is 20.8 Å². The van der Waals surface area contributed by atoms with Gasteiger partial charge in [-0.05, 0) is 51.9 Å². The van der Waals surface area contributed by atoms with Crippen LogP contribution in [0.4, 0.5) is 5.82 Å². The third-order valence-corrected chi connectivity index (χ3v) is 5.86. The van der Waals surface area contributed by atoms with Crippen molar-refractivity contribution in [2.45, 2.75) is 39.3 Å². The van der Waals surface area contributed by atoms with E-state index in [0.29, 0.717) is 17.6 Å². The van der Waals surface area contributed by atoms with Crippen LogP contribution in [0, 0.1) is 6.92 Å². The normalized spacial score (nSPS) is 15.1. The summed E-state index contributed by atoms with van der Waals surface area (Å²) in [7, 11) is 0. The molecule has 0 aliphatic carbocycles. The van der Waals surface area contributed by atoms with E-state index < -0.39 is 0 Å². The van der Waals surface area contributed by atoms with Crippen LogP contribution in [0.5, 0.6) is 0 Å². The van der Waals surface area contributed by atoms with Crippen LogP contribution in [-0.4, -0.2) is 42.4 Å². The zero-order valence-electron chi connectivity index (χ0n) is 17.3. The Morgan fingerprint density at radius 3 is 2.77 bits per heavy atom. The SMILES string of the molecule is CCn1c(-c2nc(-c3cn(C4CCNCC4)nc3C)cnc2N)nc2ccccc21. The number of nitrogen functional groups attached to an aromatic ring is 1. The quantitative estimate of drug-likeness (QED) is 0.544. The third-order valence-electron chi connectivity index (χ3n) is 5.86. The molecular weight excluding hydrogens is 376 g/mol. The van der Waals surface area contributed by atoms with Crippen LogP contribution in [0.1, 0.15) is 31.5 Å². The van der Waals surface area contributed by atoms with Crippen molar-refractivity contribution in [2.24, 2.45) is 0 Å². The van der Waals surface area contributed by atoms with Gasteiger partial charge in [0.25, 0.3) is 0 Å². The molecule has 1 fully saturated rings. The number of aromatic nitrogens is 6. The van der Waals surface area contributed by atoms with Crippen LogP contribution in [0.3, 0.4) is 0 Å². The highest BCUT2D eigenvalue weighted by atomic mass is 15.3. The first-order chi connectivity index (χ1) is 14.7. The van der Waals surface area contributed by atoms with Crippen LogP contribution in [0.2, 0.25) is 0 Å². The maximum atomic E-state index is 6.25. The van der Waals surface area contributed by atoms with Crippen molar-refractivity contribution in [3.05, 3.63) is 42.4 Å². The number of benzene rings is 1. The average Bonchev–Trinajstić information content (AvgIpc) is 3.35. The summed E-state index contributed by atoms with van der Waals surface area (Å²) in [6.45, 7) is 6.94. The minimum absolute atomic E-state index is 0.382. The van der Waals surface area contributed by atoms with E-state index in [2.05, 4.69) is 38.7 Å². The Morgan fingerprint density at radius 1 is 1.17 bits per heavy atom. The number of hydrogen-bond acceptors (Lipinski definition) is 6. The van der Waals surface area contributed by atoms with Gasteiger partial charge in [-0.15, -0.1) is 0 Å². The summed E-state index contributed by atoms with van der Waals surface area (Å²) in [4.78, 5) is 14.2. The van der Waals surface area contributed by atoms with Gasteiger partial charge in [0.2, 0.25) is 0 Å². The lowest BCUT2D eigenvalue weighted by atomic mass is 10.1. The molecular formula is C22H26N8. The number of fused-ring (bicyclic) bond motifs is 1. The van der Waals surface area contributed by atoms with Gasteiger partial charge in [0.05, 0.1) is 34.7 Å². The lowest BCUT2D eigenvalue weighted by molar-refractivity contribution is 0.342. The highest BCUT2D eigenvalue weighted by molar-refractivity contribution is 5.82. The first-order valence-electron chi connectivity index (χ1n) is 10.5. The molecule has 4 aromatic rings. The van der Waals surface area contributed by atoms with E-state index in [1.165, 1.54) is 0 Å². The van der Waals surface area contributed by atoms with Crippen molar-refractivity contribution in [1.82, 2.24) is 34.6 Å². The Hall–Kier alpha value is -3.26. The lowest BCUT2D eigenvalue weighted by Gasteiger charge is -2.22. The number of imidazole rings is 1. The predicted octanol–water partition coefficient (Wildman–Crippen LogP) is 3.19. The molecule has 4 heterocycles. The predicted molar refractivity (Wildman–Crippen MR) is 118 cm³/mol. The fourth-order valence-corrected chi connectivity index (χ4v) is 4.26. The second-order valence-electron chi connectivity index (χ2n) is 7.75. The van der Waals surface area contributed by atoms with E-state index in [1.807, 2.05) is 25.1 Å². The summed E-state index contributed by atoms with van der Waals surface area (Å²) in [6.07, 6.45) is 5.99. The number of para-hydroxylation sites is 2. The largest absolute Gasteiger partial charge is 0.382 e. The van der Waals surface area contributed by atoms with Crippen molar-refractivity contribution in [3.8, 4) is 22.8 Å². The molecule has 0 unspecified atom stereocenters. The van der Waals surface area contributed by atoms with E-state index in [1.54, 1.807) is 6.20 Å². The Bertz CT molecular complexity index is 1200. The second-order valence-corrected chi connectivity index (χ2v) is 7.75. The molecule has 0 radical (unpaired) electrons. The number of piperidine rings is 1. The number of nitrogens with two attached hydrogens (primary N) is 1. The van der Waals surface area contributed by atoms with Gasteiger partial charge >= 0.3 is 0 Å². The minimum Gasteiger partial charge on any atom is -0.382 e. The van der Waals surface area contributed by atoms with Gasteiger partial charge in [0.1, 0.15) is 5.69 Å². The first kappa shape index (κ1) is 18.7. The molecule has 154 valence electrons. The monoisotopic (exact) mass is 402 g/mol. The highest BCUT2D eigenvalue weighted by Gasteiger charge is 2.21. The van der Waals surface area contributed by atoms with Crippen LogP contribution < -0.4 is 11.1 Å². The summed E-state index contributed by atoms with van der Waals surface area (Å²) in [6, 6.07) is 8.50. The Kier molecular flexibility index (Phi) is 4.71. The molecule has 8 heteroatoms. The number of anilines is 1. The summed E-state index contributed by atoms with van der Waals surface area (Å²) in [5, 5.41) is 8.18. The van der Waals surface area contributed by atoms with E-state index in [0.717, 1.165) is 66.3 Å². The van der Waals surface area contributed by atoms with Crippen molar-refractivity contribution < 1.29 is 0 Å². The van der Waals surface area contributed by atoms with E-state index in [-0.39, 0.29) is 0 Å². The van der Waals surface area contributed by atoms with Gasteiger partial charge in [0, 0.05) is 18.3 Å². The van der Waals surface area contributed by atoms with Crippen molar-refractivity contribution >= 4 is 16.9 Å². The smallest absolute Gasteiger partial charge is 0.163 e. The molecule has 1 aliphatic rings. The average molecular weight is 403 g/mol. The Labute approximate surface area is 175 Å². The second kappa shape index (κ2) is 7.53. The third kappa shape index (κ3) is 3.13. The van der Waals surface area contributed by atoms with Crippen LogP contribution in [0.25, 0.3) is 33.8 Å². The molecule has 1 saturated heterocycles. The molecule has 30 heavy (non-hydrogen) atoms. The maximum absolute atomic E-state index is 6.25. The van der Waals surface area contributed by atoms with E-state index >= 15 is 0 Å². The summed E-state index contributed by atoms with van der Waals surface area (Å²) < 4.78 is 4.22. The fraction of sp³-hybridized carbons (Fsp3) is 0.364. The molecule has 0 saturated carbocycles. The molecule has 8 nitrogen and oxygen atoms in total. The highest BCUT2D eigenvalue weighted by Crippen LogP contribution is 2.30. The maximum Gasteiger partial charge on any atom is 0.163 e. The lowest BCUT2D eigenvalue weighted by Crippen LogP contribution is -2.29. The minimum atomic E-state index is 0.382. The van der Waals surface area contributed by atoms with Gasteiger partial charge in [-0.1, -0.05) is 12.1 Å². The summed E-state index contributed by atoms with van der Waals surface area (Å²) >= 11 is 0. The topological polar surface area (TPSA) is 99.5 Å². The summed E-state index contributed by atoms with van der Waals surface area (Å²) in [5.74, 6) is 1.13. The number of hydrogen-bond donors (Lipinski definition) is 2. The van der Waals surface area contributed by atoms with Crippen LogP contribution in [-0.2, 0) is 6.54 Å². The fourth-order valence-electron chi connectivity index (χ4n) is 4.26. The molecule has 5 rings (SSSR count). The van der Waals surface area contributed by atoms with Crippen LogP contribution >= 0.6 is 0 Å². The van der Waals surface area contributed by atoms with Gasteiger partial charge < -0.3 is 15.6 Å². The Morgan fingerprint density at radius 2 is 1.97 bits per heavy atom. The van der Waals surface area contributed by atoms with Gasteiger partial charge in [-0.2, -0.15) is 5.10 Å². The van der Waals surface area contributed by atoms with Gasteiger partial charge in [-0.25, -0.2) is 15.0 Å². The molecule has 0 amide bonds. The number of nitrogens with zero attached hydrogens (tertiary/aromatic N) is 6. The van der Waals surface area contributed by atoms with Crippen molar-refractivity contribution in [3.63, 3.8) is 0 Å². The molecule has 3 N–H and O–H groups in total. The van der Waals surface area contributed by atoms with E-state index in [9.17, 15) is 0 Å². The molecule has 1 aromatic carbocycles. The molecule has 3 aromatic heterocycles. The number of aryl methyl sites for hydroxylation is 2. The molecule has 0 bridgehead atoms. The van der Waals surface area contributed by atoms with Crippen molar-refractivity contribution in [1.29, 1.82) is 0 Å². The number of nitrogens with one attached hydrogen (secondary N) is 1. The number of rotatable bonds is 4.